The summed E-state index contributed by atoms with van der Waals surface area (Å²) in [5, 5.41) is 3.19. The molecule has 0 spiro atoms. The highest BCUT2D eigenvalue weighted by Crippen LogP contribution is 2.27. The summed E-state index contributed by atoms with van der Waals surface area (Å²) < 4.78 is 24.4. The molecule has 7 nitrogen and oxygen atoms in total. The van der Waals surface area contributed by atoms with Crippen LogP contribution in [0.4, 0.5) is 9.18 Å². The minimum absolute atomic E-state index is 0.00193. The zero-order valence-electron chi connectivity index (χ0n) is 16.1. The molecule has 4 rings (SSSR count). The summed E-state index contributed by atoms with van der Waals surface area (Å²) in [6, 6.07) is 3.99. The van der Waals surface area contributed by atoms with Crippen LogP contribution in [0.3, 0.4) is 0 Å². The van der Waals surface area contributed by atoms with Crippen LogP contribution in [0.1, 0.15) is 19.3 Å². The SMILES string of the molecule is O=C1COC2CCN(C(=O)N3CCC(COc4ccc(F)cc4Cl)CC3)CC2N1. The van der Waals surface area contributed by atoms with Gasteiger partial charge in [-0.05, 0) is 43.4 Å². The van der Waals surface area contributed by atoms with Gasteiger partial charge in [0.15, 0.2) is 0 Å². The topological polar surface area (TPSA) is 71.1 Å². The highest BCUT2D eigenvalue weighted by Gasteiger charge is 2.38. The van der Waals surface area contributed by atoms with E-state index >= 15 is 0 Å². The van der Waals surface area contributed by atoms with Gasteiger partial charge in [-0.1, -0.05) is 11.6 Å². The molecule has 0 saturated carbocycles. The van der Waals surface area contributed by atoms with E-state index < -0.39 is 5.82 Å². The first-order chi connectivity index (χ1) is 14.0. The normalized spacial score (nSPS) is 25.4. The molecule has 0 radical (unpaired) electrons. The van der Waals surface area contributed by atoms with E-state index in [4.69, 9.17) is 21.1 Å². The fourth-order valence-corrected chi connectivity index (χ4v) is 4.39. The Morgan fingerprint density at radius 3 is 2.76 bits per heavy atom. The molecule has 3 aliphatic rings. The zero-order chi connectivity index (χ0) is 20.4. The van der Waals surface area contributed by atoms with Crippen molar-refractivity contribution < 1.29 is 23.5 Å². The van der Waals surface area contributed by atoms with E-state index in [2.05, 4.69) is 5.32 Å². The smallest absolute Gasteiger partial charge is 0.320 e. The molecule has 158 valence electrons. The van der Waals surface area contributed by atoms with E-state index in [9.17, 15) is 14.0 Å². The first kappa shape index (κ1) is 20.2. The van der Waals surface area contributed by atoms with Crippen molar-refractivity contribution >= 4 is 23.5 Å². The zero-order valence-corrected chi connectivity index (χ0v) is 16.9. The van der Waals surface area contributed by atoms with Crippen LogP contribution in [0.2, 0.25) is 5.02 Å². The molecule has 1 aromatic rings. The number of morpholine rings is 1. The summed E-state index contributed by atoms with van der Waals surface area (Å²) in [6.07, 6.45) is 2.41. The number of rotatable bonds is 3. The van der Waals surface area contributed by atoms with E-state index in [-0.39, 0.29) is 35.7 Å². The largest absolute Gasteiger partial charge is 0.492 e. The second-order valence-corrected chi connectivity index (χ2v) is 8.26. The molecule has 3 fully saturated rings. The van der Waals surface area contributed by atoms with Gasteiger partial charge in [0.05, 0.1) is 23.8 Å². The summed E-state index contributed by atoms with van der Waals surface area (Å²) in [5.41, 5.74) is 0. The van der Waals surface area contributed by atoms with Crippen LogP contribution < -0.4 is 10.1 Å². The number of hydrogen-bond acceptors (Lipinski definition) is 4. The Morgan fingerprint density at radius 1 is 1.24 bits per heavy atom. The summed E-state index contributed by atoms with van der Waals surface area (Å²) in [7, 11) is 0. The predicted octanol–water partition coefficient (Wildman–Crippen LogP) is 2.28. The standard InChI is InChI=1S/C20H25ClFN3O4/c21-15-9-14(22)1-2-17(15)28-11-13-3-6-24(7-4-13)20(27)25-8-5-18-16(10-25)23-19(26)12-29-18/h1-2,9,13,16,18H,3-8,10-12H2,(H,23,26). The maximum absolute atomic E-state index is 13.1. The number of likely N-dealkylation sites (tertiary alicyclic amines) is 2. The fraction of sp³-hybridized carbons (Fsp3) is 0.600. The Hall–Kier alpha value is -2.06. The quantitative estimate of drug-likeness (QED) is 0.806. The van der Waals surface area contributed by atoms with Gasteiger partial charge in [-0.3, -0.25) is 4.79 Å². The minimum atomic E-state index is -0.391. The van der Waals surface area contributed by atoms with E-state index in [1.165, 1.54) is 18.2 Å². The lowest BCUT2D eigenvalue weighted by molar-refractivity contribution is -0.139. The van der Waals surface area contributed by atoms with Crippen molar-refractivity contribution in [2.45, 2.75) is 31.4 Å². The van der Waals surface area contributed by atoms with Crippen molar-refractivity contribution in [3.8, 4) is 5.75 Å². The third-order valence-electron chi connectivity index (χ3n) is 5.85. The summed E-state index contributed by atoms with van der Waals surface area (Å²) in [6.45, 7) is 3.05. The number of fused-ring (bicyclic) bond motifs is 1. The summed E-state index contributed by atoms with van der Waals surface area (Å²) in [4.78, 5) is 28.1. The second-order valence-electron chi connectivity index (χ2n) is 7.86. The van der Waals surface area contributed by atoms with Crippen molar-refractivity contribution in [1.82, 2.24) is 15.1 Å². The van der Waals surface area contributed by atoms with Crippen LogP contribution in [0.5, 0.6) is 5.75 Å². The molecule has 3 aliphatic heterocycles. The van der Waals surface area contributed by atoms with E-state index in [0.717, 1.165) is 19.3 Å². The van der Waals surface area contributed by atoms with Gasteiger partial charge < -0.3 is 24.6 Å². The monoisotopic (exact) mass is 425 g/mol. The van der Waals surface area contributed by atoms with Crippen LogP contribution in [0, 0.1) is 11.7 Å². The van der Waals surface area contributed by atoms with Crippen LogP contribution in [0.15, 0.2) is 18.2 Å². The first-order valence-electron chi connectivity index (χ1n) is 10.0. The molecular formula is C20H25ClFN3O4. The molecule has 3 saturated heterocycles. The van der Waals surface area contributed by atoms with Crippen molar-refractivity contribution in [3.05, 3.63) is 29.0 Å². The van der Waals surface area contributed by atoms with Gasteiger partial charge in [0.25, 0.3) is 0 Å². The van der Waals surface area contributed by atoms with Gasteiger partial charge in [0.2, 0.25) is 5.91 Å². The Labute approximate surface area is 174 Å². The lowest BCUT2D eigenvalue weighted by Gasteiger charge is -2.43. The maximum atomic E-state index is 13.1. The number of nitrogens with one attached hydrogen (secondary N) is 1. The highest BCUT2D eigenvalue weighted by molar-refractivity contribution is 6.32. The Kier molecular flexibility index (Phi) is 6.10. The van der Waals surface area contributed by atoms with Crippen molar-refractivity contribution in [2.24, 2.45) is 5.92 Å². The van der Waals surface area contributed by atoms with Crippen molar-refractivity contribution in [2.75, 3.05) is 39.4 Å². The van der Waals surface area contributed by atoms with Gasteiger partial charge in [-0.2, -0.15) is 0 Å². The number of urea groups is 1. The number of carbonyl (C=O) groups is 2. The van der Waals surface area contributed by atoms with E-state index in [1.54, 1.807) is 0 Å². The molecule has 1 N–H and O–H groups in total. The molecule has 9 heteroatoms. The summed E-state index contributed by atoms with van der Waals surface area (Å²) in [5.74, 6) is 0.281. The predicted molar refractivity (Wildman–Crippen MR) is 104 cm³/mol. The van der Waals surface area contributed by atoms with Crippen molar-refractivity contribution in [3.63, 3.8) is 0 Å². The Morgan fingerprint density at radius 2 is 2.00 bits per heavy atom. The number of benzene rings is 1. The number of halogens is 2. The summed E-state index contributed by atoms with van der Waals surface area (Å²) >= 11 is 6.00. The molecule has 0 bridgehead atoms. The molecule has 3 heterocycles. The van der Waals surface area contributed by atoms with Crippen LogP contribution >= 0.6 is 11.6 Å². The van der Waals surface area contributed by atoms with Gasteiger partial charge in [0.1, 0.15) is 18.2 Å². The molecule has 29 heavy (non-hydrogen) atoms. The number of nitrogens with zero attached hydrogens (tertiary/aromatic N) is 2. The lowest BCUT2D eigenvalue weighted by atomic mass is 9.97. The van der Waals surface area contributed by atoms with E-state index in [1.807, 2.05) is 9.80 Å². The van der Waals surface area contributed by atoms with Crippen LogP contribution in [-0.4, -0.2) is 73.3 Å². The molecule has 1 aromatic carbocycles. The first-order valence-corrected chi connectivity index (χ1v) is 10.4. The number of ether oxygens (including phenoxy) is 2. The number of amides is 3. The van der Waals surface area contributed by atoms with E-state index in [0.29, 0.717) is 44.5 Å². The fourth-order valence-electron chi connectivity index (χ4n) is 4.16. The third kappa shape index (κ3) is 4.75. The molecule has 3 amide bonds. The van der Waals surface area contributed by atoms with Gasteiger partial charge in [-0.25, -0.2) is 9.18 Å². The maximum Gasteiger partial charge on any atom is 0.320 e. The average molecular weight is 426 g/mol. The van der Waals surface area contributed by atoms with Gasteiger partial charge >= 0.3 is 6.03 Å². The van der Waals surface area contributed by atoms with Gasteiger partial charge in [0, 0.05) is 26.2 Å². The molecule has 2 unspecified atom stereocenters. The molecule has 0 aliphatic carbocycles. The van der Waals surface area contributed by atoms with Gasteiger partial charge in [-0.15, -0.1) is 0 Å². The molecule has 2 atom stereocenters. The Balaban J connectivity index is 1.24. The van der Waals surface area contributed by atoms with Crippen molar-refractivity contribution in [1.29, 1.82) is 0 Å². The molecule has 0 aromatic heterocycles. The average Bonchev–Trinajstić information content (AvgIpc) is 2.72. The van der Waals surface area contributed by atoms with Crippen LogP contribution in [0.25, 0.3) is 0 Å². The highest BCUT2D eigenvalue weighted by atomic mass is 35.5. The molecular weight excluding hydrogens is 401 g/mol. The third-order valence-corrected chi connectivity index (χ3v) is 6.14. The number of carbonyl (C=O) groups excluding carboxylic acids is 2. The Bertz CT molecular complexity index is 772. The minimum Gasteiger partial charge on any atom is -0.492 e. The lowest BCUT2D eigenvalue weighted by Crippen LogP contribution is -2.62. The number of piperidine rings is 2. The number of hydrogen-bond donors (Lipinski definition) is 1. The van der Waals surface area contributed by atoms with Crippen LogP contribution in [-0.2, 0) is 9.53 Å². The second kappa shape index (κ2) is 8.75.